The van der Waals surface area contributed by atoms with Gasteiger partial charge in [-0.2, -0.15) is 0 Å². The summed E-state index contributed by atoms with van der Waals surface area (Å²) in [6.45, 7) is 9.66. The molecule has 1 atom stereocenters. The van der Waals surface area contributed by atoms with Crippen LogP contribution < -0.4 is 9.64 Å². The number of aliphatic hydroxyl groups excluding tert-OH is 1. The monoisotopic (exact) mass is 507 g/mol. The summed E-state index contributed by atoms with van der Waals surface area (Å²) in [5, 5.41) is 19.1. The summed E-state index contributed by atoms with van der Waals surface area (Å²) in [5.41, 5.74) is 5.10. The van der Waals surface area contributed by atoms with E-state index in [9.17, 15) is 15.0 Å². The Morgan fingerprint density at radius 1 is 1.08 bits per heavy atom. The van der Waals surface area contributed by atoms with Crippen molar-refractivity contribution in [3.63, 3.8) is 0 Å². The Bertz CT molecular complexity index is 1030. The zero-order chi connectivity index (χ0) is 26.4. The maximum Gasteiger partial charge on any atom is 0.303 e. The molecule has 0 bridgehead atoms. The fourth-order valence-electron chi connectivity index (χ4n) is 5.66. The molecule has 1 aliphatic heterocycles. The van der Waals surface area contributed by atoms with Gasteiger partial charge in [0, 0.05) is 18.8 Å². The molecule has 1 saturated carbocycles. The van der Waals surface area contributed by atoms with E-state index in [2.05, 4.69) is 56.0 Å². The average molecular weight is 508 g/mol. The Labute approximate surface area is 222 Å². The van der Waals surface area contributed by atoms with E-state index >= 15 is 0 Å². The SMILES string of the molecule is CC(C)(C)CCCc1ccc(CO)cc1N1CCC(COc2cccc(C(CC(=O)O)C3CC3)c2)CC1. The van der Waals surface area contributed by atoms with Gasteiger partial charge in [-0.1, -0.05) is 45.0 Å². The molecule has 0 amide bonds. The van der Waals surface area contributed by atoms with Gasteiger partial charge in [-0.05, 0) is 103 Å². The highest BCUT2D eigenvalue weighted by Gasteiger charge is 2.34. The van der Waals surface area contributed by atoms with Crippen molar-refractivity contribution in [1.29, 1.82) is 0 Å². The van der Waals surface area contributed by atoms with Gasteiger partial charge in [0.2, 0.25) is 0 Å². The van der Waals surface area contributed by atoms with Gasteiger partial charge in [0.1, 0.15) is 5.75 Å². The molecular formula is C32H45NO4. The van der Waals surface area contributed by atoms with Crippen LogP contribution in [-0.4, -0.2) is 35.9 Å². The second-order valence-electron chi connectivity index (χ2n) is 12.4. The Kier molecular flexibility index (Phi) is 9.17. The number of ether oxygens (including phenoxy) is 1. The molecule has 2 aromatic rings. The number of hydrogen-bond acceptors (Lipinski definition) is 4. The van der Waals surface area contributed by atoms with Crippen molar-refractivity contribution < 1.29 is 19.7 Å². The molecule has 2 aromatic carbocycles. The molecule has 1 unspecified atom stereocenters. The van der Waals surface area contributed by atoms with Gasteiger partial charge in [-0.3, -0.25) is 4.79 Å². The van der Waals surface area contributed by atoms with Crippen LogP contribution in [-0.2, 0) is 17.8 Å². The number of hydrogen-bond donors (Lipinski definition) is 2. The van der Waals surface area contributed by atoms with Crippen molar-refractivity contribution in [2.45, 2.75) is 84.7 Å². The number of anilines is 1. The summed E-state index contributed by atoms with van der Waals surface area (Å²) >= 11 is 0. The largest absolute Gasteiger partial charge is 0.493 e. The second kappa shape index (κ2) is 12.3. The fourth-order valence-corrected chi connectivity index (χ4v) is 5.66. The van der Waals surface area contributed by atoms with Gasteiger partial charge >= 0.3 is 5.97 Å². The second-order valence-corrected chi connectivity index (χ2v) is 12.4. The molecule has 4 rings (SSSR count). The van der Waals surface area contributed by atoms with Crippen LogP contribution in [0.15, 0.2) is 42.5 Å². The van der Waals surface area contributed by atoms with Crippen molar-refractivity contribution in [2.24, 2.45) is 17.3 Å². The average Bonchev–Trinajstić information content (AvgIpc) is 3.71. The molecule has 5 heteroatoms. The van der Waals surface area contributed by atoms with Crippen LogP contribution in [0.5, 0.6) is 5.75 Å². The number of aliphatic hydroxyl groups is 1. The van der Waals surface area contributed by atoms with Gasteiger partial charge < -0.3 is 19.8 Å². The molecule has 0 radical (unpaired) electrons. The summed E-state index contributed by atoms with van der Waals surface area (Å²) in [6, 6.07) is 14.6. The molecule has 1 saturated heterocycles. The van der Waals surface area contributed by atoms with E-state index in [1.807, 2.05) is 12.1 Å². The van der Waals surface area contributed by atoms with E-state index in [1.165, 1.54) is 24.1 Å². The first-order valence-corrected chi connectivity index (χ1v) is 14.1. The molecule has 0 spiro atoms. The number of carboxylic acids is 1. The van der Waals surface area contributed by atoms with Gasteiger partial charge in [-0.15, -0.1) is 0 Å². The minimum Gasteiger partial charge on any atom is -0.493 e. The van der Waals surface area contributed by atoms with E-state index in [4.69, 9.17) is 4.74 Å². The van der Waals surface area contributed by atoms with Gasteiger partial charge in [-0.25, -0.2) is 0 Å². The van der Waals surface area contributed by atoms with E-state index in [0.717, 1.165) is 62.1 Å². The third kappa shape index (κ3) is 8.23. The summed E-state index contributed by atoms with van der Waals surface area (Å²) in [5.74, 6) is 1.23. The van der Waals surface area contributed by atoms with Crippen LogP contribution >= 0.6 is 0 Å². The van der Waals surface area contributed by atoms with E-state index in [0.29, 0.717) is 23.9 Å². The highest BCUT2D eigenvalue weighted by Crippen LogP contribution is 2.45. The zero-order valence-electron chi connectivity index (χ0n) is 22.9. The van der Waals surface area contributed by atoms with E-state index < -0.39 is 5.97 Å². The van der Waals surface area contributed by atoms with Crippen LogP contribution in [0.4, 0.5) is 5.69 Å². The lowest BCUT2D eigenvalue weighted by molar-refractivity contribution is -0.137. The van der Waals surface area contributed by atoms with Crippen molar-refractivity contribution in [3.8, 4) is 5.75 Å². The van der Waals surface area contributed by atoms with E-state index in [1.54, 1.807) is 0 Å². The van der Waals surface area contributed by atoms with Gasteiger partial charge in [0.05, 0.1) is 19.6 Å². The lowest BCUT2D eigenvalue weighted by Crippen LogP contribution is -2.36. The van der Waals surface area contributed by atoms with Crippen molar-refractivity contribution in [2.75, 3.05) is 24.6 Å². The maximum atomic E-state index is 11.4. The van der Waals surface area contributed by atoms with Gasteiger partial charge in [0.25, 0.3) is 0 Å². The van der Waals surface area contributed by atoms with Crippen molar-refractivity contribution in [1.82, 2.24) is 0 Å². The Morgan fingerprint density at radius 3 is 2.49 bits per heavy atom. The summed E-state index contributed by atoms with van der Waals surface area (Å²) in [7, 11) is 0. The van der Waals surface area contributed by atoms with Crippen LogP contribution in [0.2, 0.25) is 0 Å². The quantitative estimate of drug-likeness (QED) is 0.330. The first kappa shape index (κ1) is 27.5. The summed E-state index contributed by atoms with van der Waals surface area (Å²) in [6.07, 6.45) is 8.05. The van der Waals surface area contributed by atoms with Crippen molar-refractivity contribution in [3.05, 3.63) is 59.2 Å². The lowest BCUT2D eigenvalue weighted by Gasteiger charge is -2.35. The lowest BCUT2D eigenvalue weighted by atomic mass is 9.88. The number of carbonyl (C=O) groups is 1. The number of carboxylic acid groups (broad SMARTS) is 1. The predicted molar refractivity (Wildman–Crippen MR) is 149 cm³/mol. The third-order valence-electron chi connectivity index (χ3n) is 8.02. The molecule has 2 fully saturated rings. The van der Waals surface area contributed by atoms with E-state index in [-0.39, 0.29) is 18.9 Å². The highest BCUT2D eigenvalue weighted by molar-refractivity contribution is 5.68. The molecule has 37 heavy (non-hydrogen) atoms. The number of benzene rings is 2. The van der Waals surface area contributed by atoms with Crippen LogP contribution in [0.1, 0.15) is 88.3 Å². The maximum absolute atomic E-state index is 11.4. The molecule has 0 aromatic heterocycles. The first-order valence-electron chi connectivity index (χ1n) is 14.1. The standard InChI is InChI=1S/C32H45NO4/c1-32(2,3)15-5-7-26-10-9-24(21-34)18-30(26)33-16-13-23(14-17-33)22-37-28-8-4-6-27(19-28)29(20-31(35)36)25-11-12-25/h4,6,8-10,18-19,23,25,29,34H,5,7,11-17,20-22H2,1-3H3,(H,35,36). The zero-order valence-corrected chi connectivity index (χ0v) is 22.9. The van der Waals surface area contributed by atoms with Crippen LogP contribution in [0.3, 0.4) is 0 Å². The Hall–Kier alpha value is -2.53. The van der Waals surface area contributed by atoms with Crippen LogP contribution in [0, 0.1) is 17.3 Å². The molecule has 1 heterocycles. The number of aryl methyl sites for hydroxylation is 1. The molecule has 2 aliphatic rings. The molecular weight excluding hydrogens is 462 g/mol. The number of rotatable bonds is 12. The van der Waals surface area contributed by atoms with Gasteiger partial charge in [0.15, 0.2) is 0 Å². The molecule has 2 N–H and O–H groups in total. The highest BCUT2D eigenvalue weighted by atomic mass is 16.5. The Morgan fingerprint density at radius 2 is 1.84 bits per heavy atom. The third-order valence-corrected chi connectivity index (χ3v) is 8.02. The number of piperidine rings is 1. The summed E-state index contributed by atoms with van der Waals surface area (Å²) in [4.78, 5) is 13.9. The smallest absolute Gasteiger partial charge is 0.303 e. The molecule has 5 nitrogen and oxygen atoms in total. The number of nitrogens with zero attached hydrogens (tertiary/aromatic N) is 1. The predicted octanol–water partition coefficient (Wildman–Crippen LogP) is 6.81. The first-order chi connectivity index (χ1) is 17.7. The normalized spacial score (nSPS) is 17.6. The topological polar surface area (TPSA) is 70.0 Å². The molecule has 202 valence electrons. The fraction of sp³-hybridized carbons (Fsp3) is 0.594. The Balaban J connectivity index is 1.32. The molecule has 1 aliphatic carbocycles. The summed E-state index contributed by atoms with van der Waals surface area (Å²) < 4.78 is 6.23. The van der Waals surface area contributed by atoms with Crippen LogP contribution in [0.25, 0.3) is 0 Å². The number of aliphatic carboxylic acids is 1. The minimum atomic E-state index is -0.725. The minimum absolute atomic E-state index is 0.0761. The van der Waals surface area contributed by atoms with Crippen molar-refractivity contribution >= 4 is 11.7 Å².